The van der Waals surface area contributed by atoms with Crippen LogP contribution in [-0.2, 0) is 16.4 Å². The van der Waals surface area contributed by atoms with Crippen LogP contribution in [-0.4, -0.2) is 19.8 Å². The summed E-state index contributed by atoms with van der Waals surface area (Å²) in [7, 11) is -5.35. The molecule has 122 valence electrons. The van der Waals surface area contributed by atoms with E-state index in [1.807, 2.05) is 0 Å². The van der Waals surface area contributed by atoms with E-state index in [1.165, 1.54) is 12.1 Å². The van der Waals surface area contributed by atoms with Crippen molar-refractivity contribution in [2.24, 2.45) is 0 Å². The summed E-state index contributed by atoms with van der Waals surface area (Å²) >= 11 is 0. The van der Waals surface area contributed by atoms with Gasteiger partial charge < -0.3 is 5.32 Å². The van der Waals surface area contributed by atoms with Gasteiger partial charge in [0.25, 0.3) is 15.7 Å². The Hall–Kier alpha value is -2.35. The molecule has 2 aromatic rings. The molecule has 2 aromatic carbocycles. The minimum Gasteiger partial charge on any atom is -0.348 e. The molecule has 0 fully saturated rings. The van der Waals surface area contributed by atoms with Crippen LogP contribution in [0.15, 0.2) is 59.5 Å². The molecular formula is C15H12F3NO3S. The van der Waals surface area contributed by atoms with E-state index in [4.69, 9.17) is 0 Å². The van der Waals surface area contributed by atoms with Crippen molar-refractivity contribution >= 4 is 15.7 Å². The summed E-state index contributed by atoms with van der Waals surface area (Å²) in [6, 6.07) is 12.6. The molecule has 0 aliphatic heterocycles. The van der Waals surface area contributed by atoms with Crippen LogP contribution < -0.4 is 5.32 Å². The molecule has 23 heavy (non-hydrogen) atoms. The van der Waals surface area contributed by atoms with Crippen LogP contribution >= 0.6 is 0 Å². The first-order valence-electron chi connectivity index (χ1n) is 6.45. The van der Waals surface area contributed by atoms with Gasteiger partial charge >= 0.3 is 5.51 Å². The van der Waals surface area contributed by atoms with Gasteiger partial charge in [-0.15, -0.1) is 0 Å². The number of alkyl halides is 3. The van der Waals surface area contributed by atoms with Crippen LogP contribution in [0.3, 0.4) is 0 Å². The van der Waals surface area contributed by atoms with E-state index >= 15 is 0 Å². The molecule has 0 radical (unpaired) electrons. The maximum absolute atomic E-state index is 12.4. The number of carbonyl (C=O) groups excluding carboxylic acids is 1. The van der Waals surface area contributed by atoms with E-state index in [2.05, 4.69) is 5.32 Å². The standard InChI is InChI=1S/C15H12F3NO3S/c16-15(17,18)23(21,22)13-8-6-11(7-9-13)10-19-14(20)12-4-2-1-3-5-12/h1-9H,10H2,(H,19,20). The normalized spacial score (nSPS) is 12.0. The van der Waals surface area contributed by atoms with Gasteiger partial charge in [-0.2, -0.15) is 13.2 Å². The number of amides is 1. The Morgan fingerprint density at radius 2 is 1.52 bits per heavy atom. The van der Waals surface area contributed by atoms with Gasteiger partial charge in [0.2, 0.25) is 0 Å². The smallest absolute Gasteiger partial charge is 0.348 e. The Bertz CT molecular complexity index is 785. The van der Waals surface area contributed by atoms with Gasteiger partial charge in [0.1, 0.15) is 0 Å². The molecular weight excluding hydrogens is 331 g/mol. The second-order valence-electron chi connectivity index (χ2n) is 4.64. The van der Waals surface area contributed by atoms with E-state index < -0.39 is 20.2 Å². The number of hydrogen-bond donors (Lipinski definition) is 1. The molecule has 0 heterocycles. The molecule has 1 N–H and O–H groups in total. The largest absolute Gasteiger partial charge is 0.501 e. The van der Waals surface area contributed by atoms with Gasteiger partial charge in [0, 0.05) is 12.1 Å². The van der Waals surface area contributed by atoms with Gasteiger partial charge in [-0.1, -0.05) is 30.3 Å². The van der Waals surface area contributed by atoms with E-state index in [0.717, 1.165) is 12.1 Å². The molecule has 0 aliphatic rings. The molecule has 1 amide bonds. The highest BCUT2D eigenvalue weighted by atomic mass is 32.2. The number of hydrogen-bond acceptors (Lipinski definition) is 3. The summed E-state index contributed by atoms with van der Waals surface area (Å²) in [5.41, 5.74) is -4.41. The second-order valence-corrected chi connectivity index (χ2v) is 6.58. The lowest BCUT2D eigenvalue weighted by atomic mass is 10.2. The summed E-state index contributed by atoms with van der Waals surface area (Å²) in [4.78, 5) is 11.0. The fourth-order valence-electron chi connectivity index (χ4n) is 1.79. The zero-order valence-corrected chi connectivity index (χ0v) is 12.5. The molecule has 0 atom stereocenters. The maximum atomic E-state index is 12.4. The summed E-state index contributed by atoms with van der Waals surface area (Å²) < 4.78 is 59.7. The lowest BCUT2D eigenvalue weighted by Gasteiger charge is -2.09. The minimum atomic E-state index is -5.35. The molecule has 8 heteroatoms. The van der Waals surface area contributed by atoms with Gasteiger partial charge in [-0.3, -0.25) is 4.79 Å². The molecule has 2 rings (SSSR count). The number of benzene rings is 2. The average Bonchev–Trinajstić information content (AvgIpc) is 2.53. The van der Waals surface area contributed by atoms with Gasteiger partial charge in [-0.05, 0) is 29.8 Å². The van der Waals surface area contributed by atoms with Crippen LogP contribution in [0.5, 0.6) is 0 Å². The minimum absolute atomic E-state index is 0.0695. The van der Waals surface area contributed by atoms with Crippen LogP contribution in [0.2, 0.25) is 0 Å². The molecule has 0 spiro atoms. The molecule has 0 aromatic heterocycles. The highest BCUT2D eigenvalue weighted by molar-refractivity contribution is 7.92. The van der Waals surface area contributed by atoms with Crippen molar-refractivity contribution in [2.45, 2.75) is 16.9 Å². The monoisotopic (exact) mass is 343 g/mol. The van der Waals surface area contributed by atoms with Crippen LogP contribution in [0, 0.1) is 0 Å². The number of nitrogens with one attached hydrogen (secondary N) is 1. The molecule has 0 saturated carbocycles. The Labute approximate surface area is 130 Å². The number of rotatable bonds is 4. The van der Waals surface area contributed by atoms with Crippen molar-refractivity contribution in [2.75, 3.05) is 0 Å². The molecule has 4 nitrogen and oxygen atoms in total. The molecule has 0 saturated heterocycles. The number of sulfone groups is 1. The van der Waals surface area contributed by atoms with Gasteiger partial charge in [0.05, 0.1) is 4.90 Å². The molecule has 0 unspecified atom stereocenters. The zero-order valence-electron chi connectivity index (χ0n) is 11.7. The first kappa shape index (κ1) is 17.0. The third-order valence-corrected chi connectivity index (χ3v) is 4.53. The maximum Gasteiger partial charge on any atom is 0.501 e. The predicted octanol–water partition coefficient (Wildman–Crippen LogP) is 2.91. The summed E-state index contributed by atoms with van der Waals surface area (Å²) in [5.74, 6) is -0.336. The van der Waals surface area contributed by atoms with Crippen molar-refractivity contribution in [3.8, 4) is 0 Å². The van der Waals surface area contributed by atoms with Crippen LogP contribution in [0.1, 0.15) is 15.9 Å². The van der Waals surface area contributed by atoms with E-state index in [1.54, 1.807) is 30.3 Å². The average molecular weight is 343 g/mol. The second kappa shape index (κ2) is 6.41. The Morgan fingerprint density at radius 1 is 0.957 bits per heavy atom. The highest BCUT2D eigenvalue weighted by Crippen LogP contribution is 2.30. The van der Waals surface area contributed by atoms with Crippen LogP contribution in [0.4, 0.5) is 13.2 Å². The Morgan fingerprint density at radius 3 is 2.04 bits per heavy atom. The van der Waals surface area contributed by atoms with Crippen molar-refractivity contribution in [3.63, 3.8) is 0 Å². The molecule has 0 bridgehead atoms. The van der Waals surface area contributed by atoms with E-state index in [-0.39, 0.29) is 12.5 Å². The summed E-state index contributed by atoms with van der Waals surface area (Å²) in [6.07, 6.45) is 0. The zero-order chi connectivity index (χ0) is 17.1. The highest BCUT2D eigenvalue weighted by Gasteiger charge is 2.46. The summed E-state index contributed by atoms with van der Waals surface area (Å²) in [5, 5.41) is 2.59. The van der Waals surface area contributed by atoms with Gasteiger partial charge in [0.15, 0.2) is 0 Å². The fourth-order valence-corrected chi connectivity index (χ4v) is 2.56. The lowest BCUT2D eigenvalue weighted by Crippen LogP contribution is -2.24. The topological polar surface area (TPSA) is 63.2 Å². The van der Waals surface area contributed by atoms with Crippen molar-refractivity contribution in [1.82, 2.24) is 5.32 Å². The first-order chi connectivity index (χ1) is 10.7. The van der Waals surface area contributed by atoms with E-state index in [0.29, 0.717) is 11.1 Å². The summed E-state index contributed by atoms with van der Waals surface area (Å²) in [6.45, 7) is 0.0695. The third-order valence-electron chi connectivity index (χ3n) is 3.03. The van der Waals surface area contributed by atoms with Crippen molar-refractivity contribution in [3.05, 3.63) is 65.7 Å². The third kappa shape index (κ3) is 3.89. The SMILES string of the molecule is O=C(NCc1ccc(S(=O)(=O)C(F)(F)F)cc1)c1ccccc1. The number of carbonyl (C=O) groups is 1. The van der Waals surface area contributed by atoms with Crippen molar-refractivity contribution < 1.29 is 26.4 Å². The van der Waals surface area contributed by atoms with Crippen molar-refractivity contribution in [1.29, 1.82) is 0 Å². The number of halogens is 3. The molecule has 0 aliphatic carbocycles. The van der Waals surface area contributed by atoms with E-state index in [9.17, 15) is 26.4 Å². The predicted molar refractivity (Wildman–Crippen MR) is 77.3 cm³/mol. The Kier molecular flexibility index (Phi) is 4.74. The first-order valence-corrected chi connectivity index (χ1v) is 7.93. The lowest BCUT2D eigenvalue weighted by molar-refractivity contribution is -0.0436. The Balaban J connectivity index is 2.05. The van der Waals surface area contributed by atoms with Gasteiger partial charge in [-0.25, -0.2) is 8.42 Å². The fraction of sp³-hybridized carbons (Fsp3) is 0.133. The quantitative estimate of drug-likeness (QED) is 0.928. The van der Waals surface area contributed by atoms with Crippen LogP contribution in [0.25, 0.3) is 0 Å².